The number of alkyl halides is 1. The minimum absolute atomic E-state index is 0.0247. The van der Waals surface area contributed by atoms with Gasteiger partial charge in [-0.25, -0.2) is 4.79 Å². The van der Waals surface area contributed by atoms with E-state index in [0.717, 1.165) is 21.7 Å². The summed E-state index contributed by atoms with van der Waals surface area (Å²) in [6.45, 7) is 0.482. The molecule has 2 aromatic carbocycles. The number of amides is 1. The molecule has 0 bridgehead atoms. The second-order valence-corrected chi connectivity index (χ2v) is 6.15. The molecule has 2 rings (SSSR count). The van der Waals surface area contributed by atoms with Crippen LogP contribution in [-0.4, -0.2) is 45.4 Å². The molecule has 7 heteroatoms. The topological polar surface area (TPSA) is 73.9 Å². The van der Waals surface area contributed by atoms with Gasteiger partial charge in [0.2, 0.25) is 5.91 Å². The number of carbonyl (C=O) groups excluding carboxylic acids is 2. The molecule has 0 fully saturated rings. The van der Waals surface area contributed by atoms with Crippen molar-refractivity contribution < 1.29 is 23.8 Å². The van der Waals surface area contributed by atoms with Crippen molar-refractivity contribution in [2.75, 3.05) is 33.5 Å². The van der Waals surface area contributed by atoms with Crippen molar-refractivity contribution >= 4 is 38.6 Å². The number of hydrogen-bond donors (Lipinski definition) is 1. The first-order valence-electron chi connectivity index (χ1n) is 8.21. The van der Waals surface area contributed by atoms with Gasteiger partial charge in [-0.2, -0.15) is 0 Å². The first kappa shape index (κ1) is 20.4. The van der Waals surface area contributed by atoms with E-state index >= 15 is 0 Å². The summed E-state index contributed by atoms with van der Waals surface area (Å²) in [5, 5.41) is 5.50. The number of rotatable bonds is 10. The van der Waals surface area contributed by atoms with E-state index in [1.54, 1.807) is 0 Å². The summed E-state index contributed by atoms with van der Waals surface area (Å²) in [5.74, 6) is -0.645. The number of hydrogen-bond acceptors (Lipinski definition) is 5. The summed E-state index contributed by atoms with van der Waals surface area (Å²) in [5.41, 5.74) is 2.12. The fourth-order valence-electron chi connectivity index (χ4n) is 2.23. The van der Waals surface area contributed by atoms with Gasteiger partial charge in [0.1, 0.15) is 19.8 Å². The van der Waals surface area contributed by atoms with E-state index in [0.29, 0.717) is 0 Å². The summed E-state index contributed by atoms with van der Waals surface area (Å²) in [4.78, 5) is 22.6. The van der Waals surface area contributed by atoms with E-state index in [4.69, 9.17) is 14.2 Å². The van der Waals surface area contributed by atoms with Gasteiger partial charge in [0.25, 0.3) is 0 Å². The van der Waals surface area contributed by atoms with Crippen LogP contribution >= 0.6 is 15.9 Å². The Bertz CT molecular complexity index is 750. The maximum Gasteiger partial charge on any atom is 0.332 e. The van der Waals surface area contributed by atoms with E-state index in [2.05, 4.69) is 39.4 Å². The molecule has 0 saturated heterocycles. The van der Waals surface area contributed by atoms with E-state index in [1.807, 2.05) is 18.2 Å². The van der Waals surface area contributed by atoms with Crippen LogP contribution in [0.5, 0.6) is 0 Å². The molecular formula is C19H22BrNO5. The quantitative estimate of drug-likeness (QED) is 0.361. The van der Waals surface area contributed by atoms with Crippen molar-refractivity contribution in [3.05, 3.63) is 47.5 Å². The highest BCUT2D eigenvalue weighted by Crippen LogP contribution is 2.19. The molecule has 0 atom stereocenters. The van der Waals surface area contributed by atoms with Crippen molar-refractivity contribution in [2.45, 2.75) is 11.9 Å². The Morgan fingerprint density at radius 3 is 2.31 bits per heavy atom. The van der Waals surface area contributed by atoms with Crippen LogP contribution in [-0.2, 0) is 35.7 Å². The Balaban J connectivity index is 1.70. The number of esters is 1. The number of halogens is 1. The molecule has 1 N–H and O–H groups in total. The van der Waals surface area contributed by atoms with Crippen LogP contribution in [0.2, 0.25) is 0 Å². The zero-order chi connectivity index (χ0) is 18.8. The zero-order valence-corrected chi connectivity index (χ0v) is 16.2. The van der Waals surface area contributed by atoms with Crippen LogP contribution in [0.15, 0.2) is 36.4 Å². The van der Waals surface area contributed by atoms with Crippen LogP contribution in [0, 0.1) is 0 Å². The highest BCUT2D eigenvalue weighted by Gasteiger charge is 2.05. The molecule has 0 saturated carbocycles. The van der Waals surface area contributed by atoms with E-state index < -0.39 is 5.97 Å². The average molecular weight is 424 g/mol. The number of likely N-dealkylation sites (N-methyl/N-ethyl adjacent to an activating group) is 1. The lowest BCUT2D eigenvalue weighted by atomic mass is 10.1. The van der Waals surface area contributed by atoms with Crippen molar-refractivity contribution in [2.24, 2.45) is 0 Å². The van der Waals surface area contributed by atoms with E-state index in [9.17, 15) is 9.59 Å². The van der Waals surface area contributed by atoms with Gasteiger partial charge in [0.15, 0.2) is 0 Å². The second kappa shape index (κ2) is 10.9. The zero-order valence-electron chi connectivity index (χ0n) is 14.6. The molecule has 26 heavy (non-hydrogen) atoms. The van der Waals surface area contributed by atoms with Gasteiger partial charge < -0.3 is 19.5 Å². The molecule has 0 spiro atoms. The predicted octanol–water partition coefficient (Wildman–Crippen LogP) is 2.56. The van der Waals surface area contributed by atoms with Crippen LogP contribution < -0.4 is 5.32 Å². The third-order valence-corrected chi connectivity index (χ3v) is 4.27. The van der Waals surface area contributed by atoms with Crippen LogP contribution in [0.25, 0.3) is 10.8 Å². The Hall–Kier alpha value is -1.96. The maximum atomic E-state index is 11.7. The Morgan fingerprint density at radius 1 is 0.962 bits per heavy atom. The van der Waals surface area contributed by atoms with Gasteiger partial charge in [-0.15, -0.1) is 0 Å². The monoisotopic (exact) mass is 423 g/mol. The van der Waals surface area contributed by atoms with Gasteiger partial charge in [-0.3, -0.25) is 4.79 Å². The van der Waals surface area contributed by atoms with Crippen molar-refractivity contribution in [1.29, 1.82) is 0 Å². The van der Waals surface area contributed by atoms with Gasteiger partial charge in [-0.1, -0.05) is 46.3 Å². The smallest absolute Gasteiger partial charge is 0.332 e. The number of ether oxygens (including phenoxy) is 3. The third-order valence-electron chi connectivity index (χ3n) is 3.63. The van der Waals surface area contributed by atoms with Gasteiger partial charge in [0.05, 0.1) is 13.2 Å². The molecule has 140 valence electrons. The number of nitrogens with one attached hydrogen (secondary N) is 1. The highest BCUT2D eigenvalue weighted by molar-refractivity contribution is 9.08. The fraction of sp³-hybridized carbons (Fsp3) is 0.368. The molecule has 6 nitrogen and oxygen atoms in total. The third kappa shape index (κ3) is 6.74. The molecule has 0 unspecified atom stereocenters. The van der Waals surface area contributed by atoms with E-state index in [1.165, 1.54) is 12.6 Å². The fourth-order valence-corrected chi connectivity index (χ4v) is 2.58. The SMILES string of the molecule is CNC(=O)COCCOCC(=O)OCc1ccc2ccc(CBr)cc2c1. The van der Waals surface area contributed by atoms with Crippen molar-refractivity contribution in [3.8, 4) is 0 Å². The van der Waals surface area contributed by atoms with Crippen LogP contribution in [0.4, 0.5) is 0 Å². The Morgan fingerprint density at radius 2 is 1.62 bits per heavy atom. The summed E-state index contributed by atoms with van der Waals surface area (Å²) < 4.78 is 15.4. The molecule has 2 aromatic rings. The molecular weight excluding hydrogens is 402 g/mol. The highest BCUT2D eigenvalue weighted by atomic mass is 79.9. The molecule has 0 aromatic heterocycles. The summed E-state index contributed by atoms with van der Waals surface area (Å²) in [6.07, 6.45) is 0. The normalized spacial score (nSPS) is 10.7. The average Bonchev–Trinajstić information content (AvgIpc) is 2.67. The minimum Gasteiger partial charge on any atom is -0.459 e. The van der Waals surface area contributed by atoms with Crippen molar-refractivity contribution in [3.63, 3.8) is 0 Å². The van der Waals surface area contributed by atoms with E-state index in [-0.39, 0.29) is 38.9 Å². The first-order chi connectivity index (χ1) is 12.6. The summed E-state index contributed by atoms with van der Waals surface area (Å²) in [7, 11) is 1.54. The van der Waals surface area contributed by atoms with Gasteiger partial charge in [-0.05, 0) is 28.0 Å². The maximum absolute atomic E-state index is 11.7. The molecule has 0 aliphatic heterocycles. The van der Waals surface area contributed by atoms with Crippen LogP contribution in [0.1, 0.15) is 11.1 Å². The lowest BCUT2D eigenvalue weighted by Crippen LogP contribution is -2.24. The molecule has 0 heterocycles. The molecule has 1 amide bonds. The van der Waals surface area contributed by atoms with Crippen molar-refractivity contribution in [1.82, 2.24) is 5.32 Å². The second-order valence-electron chi connectivity index (χ2n) is 5.59. The first-order valence-corrected chi connectivity index (χ1v) is 9.33. The molecule has 0 radical (unpaired) electrons. The summed E-state index contributed by atoms with van der Waals surface area (Å²) in [6, 6.07) is 12.2. The van der Waals surface area contributed by atoms with Gasteiger partial charge in [0, 0.05) is 12.4 Å². The standard InChI is InChI=1S/C19H22BrNO5/c1-21-18(22)12-24-6-7-25-13-19(23)26-11-15-3-5-16-4-2-14(10-20)8-17(16)9-15/h2-5,8-9H,6-7,10-13H2,1H3,(H,21,22). The lowest BCUT2D eigenvalue weighted by molar-refractivity contribution is -0.151. The largest absolute Gasteiger partial charge is 0.459 e. The summed E-state index contributed by atoms with van der Waals surface area (Å²) >= 11 is 3.45. The number of fused-ring (bicyclic) bond motifs is 1. The van der Waals surface area contributed by atoms with Crippen LogP contribution in [0.3, 0.4) is 0 Å². The molecule has 0 aliphatic carbocycles. The molecule has 0 aliphatic rings. The Kier molecular flexibility index (Phi) is 8.53. The Labute approximate surface area is 160 Å². The predicted molar refractivity (Wildman–Crippen MR) is 102 cm³/mol. The number of benzene rings is 2. The van der Waals surface area contributed by atoms with Gasteiger partial charge >= 0.3 is 5.97 Å². The minimum atomic E-state index is -0.439. The number of carbonyl (C=O) groups is 2. The lowest BCUT2D eigenvalue weighted by Gasteiger charge is -2.08.